The second-order valence-electron chi connectivity index (χ2n) is 4.63. The lowest BCUT2D eigenvalue weighted by atomic mass is 9.99. The third-order valence-corrected chi connectivity index (χ3v) is 3.33. The highest BCUT2D eigenvalue weighted by Gasteiger charge is 2.31. The topological polar surface area (TPSA) is 104 Å². The van der Waals surface area contributed by atoms with Crippen LogP contribution in [0.3, 0.4) is 0 Å². The number of carbonyl (C=O) groups is 2. The third-order valence-electron chi connectivity index (χ3n) is 3.33. The number of carboxylic acid groups (broad SMARTS) is 1. The van der Waals surface area contributed by atoms with E-state index in [1.165, 1.54) is 0 Å². The van der Waals surface area contributed by atoms with Gasteiger partial charge in [0.1, 0.15) is 6.61 Å². The van der Waals surface area contributed by atoms with Crippen molar-refractivity contribution in [2.45, 2.75) is 39.6 Å². The Balaban J connectivity index is 2.71. The van der Waals surface area contributed by atoms with E-state index in [2.05, 4.69) is 0 Å². The SMILES string of the molecule is Cc1ccc(COC(=O)C(O)C(O)C(=O)O)c(C)c1C. The Kier molecular flexibility index (Phi) is 5.24. The Morgan fingerprint density at radius 3 is 2.25 bits per heavy atom. The maximum Gasteiger partial charge on any atom is 0.338 e. The van der Waals surface area contributed by atoms with Gasteiger partial charge in [0.25, 0.3) is 0 Å². The summed E-state index contributed by atoms with van der Waals surface area (Å²) in [6.07, 6.45) is -4.29. The molecule has 0 fully saturated rings. The lowest BCUT2D eigenvalue weighted by molar-refractivity contribution is -0.170. The number of esters is 1. The zero-order chi connectivity index (χ0) is 15.4. The molecule has 0 spiro atoms. The van der Waals surface area contributed by atoms with Crippen LogP contribution in [0.15, 0.2) is 12.1 Å². The van der Waals surface area contributed by atoms with E-state index in [-0.39, 0.29) is 6.61 Å². The predicted molar refractivity (Wildman–Crippen MR) is 70.1 cm³/mol. The number of benzene rings is 1. The molecule has 110 valence electrons. The Bertz CT molecular complexity index is 523. The van der Waals surface area contributed by atoms with Crippen molar-refractivity contribution >= 4 is 11.9 Å². The molecule has 0 radical (unpaired) electrons. The van der Waals surface area contributed by atoms with Crippen LogP contribution >= 0.6 is 0 Å². The van der Waals surface area contributed by atoms with Crippen LogP contribution in [-0.2, 0) is 20.9 Å². The zero-order valence-electron chi connectivity index (χ0n) is 11.6. The van der Waals surface area contributed by atoms with Gasteiger partial charge in [0.15, 0.2) is 12.2 Å². The van der Waals surface area contributed by atoms with Crippen molar-refractivity contribution < 1.29 is 29.6 Å². The first-order chi connectivity index (χ1) is 9.25. The molecule has 2 unspecified atom stereocenters. The molecule has 3 N–H and O–H groups in total. The number of carbonyl (C=O) groups excluding carboxylic acids is 1. The minimum absolute atomic E-state index is 0.0881. The second kappa shape index (κ2) is 6.49. The summed E-state index contributed by atoms with van der Waals surface area (Å²) in [6.45, 7) is 5.70. The molecule has 2 atom stereocenters. The molecular weight excluding hydrogens is 264 g/mol. The van der Waals surface area contributed by atoms with Gasteiger partial charge in [0, 0.05) is 0 Å². The van der Waals surface area contributed by atoms with Crippen LogP contribution in [0.5, 0.6) is 0 Å². The van der Waals surface area contributed by atoms with Crippen molar-refractivity contribution in [1.82, 2.24) is 0 Å². The van der Waals surface area contributed by atoms with Gasteiger partial charge >= 0.3 is 11.9 Å². The summed E-state index contributed by atoms with van der Waals surface area (Å²) in [6, 6.07) is 3.68. The number of hydrogen-bond donors (Lipinski definition) is 3. The Morgan fingerprint density at radius 2 is 1.70 bits per heavy atom. The number of aliphatic hydroxyl groups excluding tert-OH is 2. The number of rotatable bonds is 5. The largest absolute Gasteiger partial charge is 0.479 e. The molecule has 0 aromatic heterocycles. The fourth-order valence-corrected chi connectivity index (χ4v) is 1.67. The lowest BCUT2D eigenvalue weighted by Crippen LogP contribution is -2.40. The molecule has 0 heterocycles. The molecule has 1 rings (SSSR count). The average molecular weight is 282 g/mol. The molecule has 1 aromatic rings. The van der Waals surface area contributed by atoms with Crippen molar-refractivity contribution in [1.29, 1.82) is 0 Å². The van der Waals surface area contributed by atoms with Crippen LogP contribution in [0.4, 0.5) is 0 Å². The maximum absolute atomic E-state index is 11.4. The highest BCUT2D eigenvalue weighted by Crippen LogP contribution is 2.18. The minimum atomic E-state index is -2.19. The first kappa shape index (κ1) is 16.1. The van der Waals surface area contributed by atoms with E-state index in [0.29, 0.717) is 0 Å². The van der Waals surface area contributed by atoms with Gasteiger partial charge in [-0.05, 0) is 43.0 Å². The summed E-state index contributed by atoms with van der Waals surface area (Å²) in [5, 5.41) is 26.8. The van der Waals surface area contributed by atoms with Gasteiger partial charge in [0.2, 0.25) is 0 Å². The fraction of sp³-hybridized carbons (Fsp3) is 0.429. The van der Waals surface area contributed by atoms with E-state index in [9.17, 15) is 14.7 Å². The van der Waals surface area contributed by atoms with Crippen molar-refractivity contribution in [3.8, 4) is 0 Å². The molecule has 0 amide bonds. The van der Waals surface area contributed by atoms with E-state index in [1.54, 1.807) is 6.07 Å². The van der Waals surface area contributed by atoms with E-state index in [1.807, 2.05) is 26.8 Å². The predicted octanol–water partition coefficient (Wildman–Crippen LogP) is 0.461. The number of carboxylic acids is 1. The molecule has 20 heavy (non-hydrogen) atoms. The minimum Gasteiger partial charge on any atom is -0.479 e. The van der Waals surface area contributed by atoms with Crippen LogP contribution in [0.1, 0.15) is 22.3 Å². The van der Waals surface area contributed by atoms with Crippen molar-refractivity contribution in [2.75, 3.05) is 0 Å². The Hall–Kier alpha value is -1.92. The molecule has 0 aliphatic rings. The zero-order valence-corrected chi connectivity index (χ0v) is 11.6. The summed E-state index contributed by atoms with van der Waals surface area (Å²) >= 11 is 0. The molecule has 0 aliphatic heterocycles. The van der Waals surface area contributed by atoms with Crippen LogP contribution in [0.2, 0.25) is 0 Å². The molecule has 1 aromatic carbocycles. The second-order valence-corrected chi connectivity index (χ2v) is 4.63. The molecule has 0 saturated carbocycles. The van der Waals surface area contributed by atoms with Crippen LogP contribution in [-0.4, -0.2) is 39.5 Å². The van der Waals surface area contributed by atoms with Crippen LogP contribution in [0.25, 0.3) is 0 Å². The van der Waals surface area contributed by atoms with Crippen LogP contribution < -0.4 is 0 Å². The molecular formula is C14H18O6. The van der Waals surface area contributed by atoms with Gasteiger partial charge in [-0.15, -0.1) is 0 Å². The fourth-order valence-electron chi connectivity index (χ4n) is 1.67. The molecule has 6 heteroatoms. The third kappa shape index (κ3) is 3.55. The Morgan fingerprint density at radius 1 is 1.10 bits per heavy atom. The quantitative estimate of drug-likeness (QED) is 0.678. The van der Waals surface area contributed by atoms with Gasteiger partial charge in [-0.3, -0.25) is 0 Å². The number of aliphatic hydroxyl groups is 2. The van der Waals surface area contributed by atoms with Gasteiger partial charge in [-0.1, -0.05) is 12.1 Å². The summed E-state index contributed by atoms with van der Waals surface area (Å²) < 4.78 is 4.82. The summed E-state index contributed by atoms with van der Waals surface area (Å²) in [4.78, 5) is 21.9. The normalized spacial score (nSPS) is 13.7. The molecule has 0 saturated heterocycles. The molecule has 0 aliphatic carbocycles. The van der Waals surface area contributed by atoms with Crippen molar-refractivity contribution in [3.63, 3.8) is 0 Å². The number of aryl methyl sites for hydroxylation is 1. The summed E-state index contributed by atoms with van der Waals surface area (Å²) in [5.74, 6) is -2.85. The Labute approximate surface area is 116 Å². The summed E-state index contributed by atoms with van der Waals surface area (Å²) in [7, 11) is 0. The van der Waals surface area contributed by atoms with Crippen molar-refractivity contribution in [3.05, 3.63) is 34.4 Å². The van der Waals surface area contributed by atoms with Gasteiger partial charge in [-0.2, -0.15) is 0 Å². The highest BCUT2D eigenvalue weighted by atomic mass is 16.5. The van der Waals surface area contributed by atoms with Crippen LogP contribution in [0, 0.1) is 20.8 Å². The number of aliphatic carboxylic acids is 1. The van der Waals surface area contributed by atoms with Gasteiger partial charge in [0.05, 0.1) is 0 Å². The highest BCUT2D eigenvalue weighted by molar-refractivity contribution is 5.84. The maximum atomic E-state index is 11.4. The smallest absolute Gasteiger partial charge is 0.338 e. The van der Waals surface area contributed by atoms with Gasteiger partial charge in [-0.25, -0.2) is 9.59 Å². The van der Waals surface area contributed by atoms with Crippen molar-refractivity contribution in [2.24, 2.45) is 0 Å². The molecule has 6 nitrogen and oxygen atoms in total. The standard InChI is InChI=1S/C14H18O6/c1-7-4-5-10(9(3)8(7)2)6-20-14(19)12(16)11(15)13(17)18/h4-5,11-12,15-16H,6H2,1-3H3,(H,17,18). The number of ether oxygens (including phenoxy) is 1. The van der Waals surface area contributed by atoms with E-state index in [4.69, 9.17) is 14.9 Å². The average Bonchev–Trinajstić information content (AvgIpc) is 2.41. The monoisotopic (exact) mass is 282 g/mol. The first-order valence-electron chi connectivity index (χ1n) is 6.07. The van der Waals surface area contributed by atoms with E-state index in [0.717, 1.165) is 22.3 Å². The van der Waals surface area contributed by atoms with E-state index >= 15 is 0 Å². The van der Waals surface area contributed by atoms with Gasteiger partial charge < -0.3 is 20.1 Å². The first-order valence-corrected chi connectivity index (χ1v) is 6.07. The summed E-state index contributed by atoms with van der Waals surface area (Å²) in [5.41, 5.74) is 3.91. The van der Waals surface area contributed by atoms with E-state index < -0.39 is 24.1 Å². The number of hydrogen-bond acceptors (Lipinski definition) is 5. The lowest BCUT2D eigenvalue weighted by Gasteiger charge is -2.15. The molecule has 0 bridgehead atoms.